The smallest absolute Gasteiger partial charge is 0.191 e. The maximum absolute atomic E-state index is 4.61. The Morgan fingerprint density at radius 3 is 2.77 bits per heavy atom. The molecule has 0 aliphatic carbocycles. The standard InChI is InChI=1S/C20H26N6/c1-15-8-6-11-22-18(15)14-24-20(21-3)23-12-7-13-26-16(2)25-17-9-4-5-10-19(17)26/h4-6,8-11H,7,12-14H2,1-3H3,(H2,21,23,24). The van der Waals surface area contributed by atoms with Crippen molar-refractivity contribution in [2.75, 3.05) is 13.6 Å². The van der Waals surface area contributed by atoms with Crippen LogP contribution in [0.3, 0.4) is 0 Å². The first kappa shape index (κ1) is 17.9. The molecule has 0 spiro atoms. The van der Waals surface area contributed by atoms with Gasteiger partial charge in [0, 0.05) is 26.3 Å². The van der Waals surface area contributed by atoms with Crippen LogP contribution in [0.1, 0.15) is 23.5 Å². The van der Waals surface area contributed by atoms with Crippen molar-refractivity contribution < 1.29 is 0 Å². The number of aryl methyl sites for hydroxylation is 3. The maximum atomic E-state index is 4.61. The van der Waals surface area contributed by atoms with Gasteiger partial charge in [0.05, 0.1) is 23.3 Å². The molecular weight excluding hydrogens is 324 g/mol. The molecule has 0 aliphatic rings. The molecule has 0 bridgehead atoms. The van der Waals surface area contributed by atoms with Crippen molar-refractivity contribution in [3.8, 4) is 0 Å². The fraction of sp³-hybridized carbons (Fsp3) is 0.350. The highest BCUT2D eigenvalue weighted by Crippen LogP contribution is 2.15. The molecule has 0 saturated carbocycles. The summed E-state index contributed by atoms with van der Waals surface area (Å²) in [4.78, 5) is 13.3. The lowest BCUT2D eigenvalue weighted by atomic mass is 10.2. The average molecular weight is 350 g/mol. The van der Waals surface area contributed by atoms with Crippen LogP contribution in [-0.2, 0) is 13.1 Å². The van der Waals surface area contributed by atoms with Crippen molar-refractivity contribution in [2.24, 2.45) is 4.99 Å². The number of rotatable bonds is 6. The van der Waals surface area contributed by atoms with Gasteiger partial charge in [-0.2, -0.15) is 0 Å². The number of hydrogen-bond acceptors (Lipinski definition) is 3. The Hall–Kier alpha value is -2.89. The molecule has 0 amide bonds. The lowest BCUT2D eigenvalue weighted by Crippen LogP contribution is -2.37. The van der Waals surface area contributed by atoms with Crippen LogP contribution in [0, 0.1) is 13.8 Å². The molecule has 3 rings (SSSR count). The molecule has 0 saturated heterocycles. The zero-order valence-corrected chi connectivity index (χ0v) is 15.7. The van der Waals surface area contributed by atoms with Crippen LogP contribution in [0.5, 0.6) is 0 Å². The number of guanidine groups is 1. The van der Waals surface area contributed by atoms with Crippen LogP contribution >= 0.6 is 0 Å². The van der Waals surface area contributed by atoms with Gasteiger partial charge < -0.3 is 15.2 Å². The lowest BCUT2D eigenvalue weighted by molar-refractivity contribution is 0.623. The summed E-state index contributed by atoms with van der Waals surface area (Å²) in [6.07, 6.45) is 2.81. The van der Waals surface area contributed by atoms with Gasteiger partial charge in [0.15, 0.2) is 5.96 Å². The number of para-hydroxylation sites is 2. The van der Waals surface area contributed by atoms with E-state index < -0.39 is 0 Å². The van der Waals surface area contributed by atoms with Gasteiger partial charge >= 0.3 is 0 Å². The summed E-state index contributed by atoms with van der Waals surface area (Å²) in [7, 11) is 1.79. The second-order valence-corrected chi connectivity index (χ2v) is 6.27. The van der Waals surface area contributed by atoms with E-state index in [9.17, 15) is 0 Å². The first-order valence-electron chi connectivity index (χ1n) is 8.96. The van der Waals surface area contributed by atoms with Crippen molar-refractivity contribution in [1.82, 2.24) is 25.2 Å². The molecule has 2 N–H and O–H groups in total. The first-order valence-corrected chi connectivity index (χ1v) is 8.96. The number of pyridine rings is 1. The van der Waals surface area contributed by atoms with Crippen LogP contribution in [0.4, 0.5) is 0 Å². The van der Waals surface area contributed by atoms with E-state index in [1.807, 2.05) is 18.3 Å². The molecule has 6 nitrogen and oxygen atoms in total. The lowest BCUT2D eigenvalue weighted by Gasteiger charge is -2.13. The summed E-state index contributed by atoms with van der Waals surface area (Å²) >= 11 is 0. The summed E-state index contributed by atoms with van der Waals surface area (Å²) < 4.78 is 2.27. The third kappa shape index (κ3) is 4.20. The number of nitrogens with one attached hydrogen (secondary N) is 2. The largest absolute Gasteiger partial charge is 0.356 e. The Morgan fingerprint density at radius 2 is 1.96 bits per heavy atom. The number of aromatic nitrogens is 3. The van der Waals surface area contributed by atoms with E-state index >= 15 is 0 Å². The Labute approximate surface area is 154 Å². The van der Waals surface area contributed by atoms with Gasteiger partial charge in [0.1, 0.15) is 5.82 Å². The van der Waals surface area contributed by atoms with E-state index in [1.54, 1.807) is 7.05 Å². The van der Waals surface area contributed by atoms with Gasteiger partial charge in [0.2, 0.25) is 0 Å². The van der Waals surface area contributed by atoms with Crippen molar-refractivity contribution in [1.29, 1.82) is 0 Å². The topological polar surface area (TPSA) is 67.1 Å². The monoisotopic (exact) mass is 350 g/mol. The van der Waals surface area contributed by atoms with Gasteiger partial charge in [-0.05, 0) is 44.0 Å². The number of imidazole rings is 1. The van der Waals surface area contributed by atoms with Gasteiger partial charge in [-0.15, -0.1) is 0 Å². The predicted molar refractivity (Wildman–Crippen MR) is 106 cm³/mol. The molecule has 26 heavy (non-hydrogen) atoms. The van der Waals surface area contributed by atoms with Gasteiger partial charge in [-0.1, -0.05) is 18.2 Å². The first-order chi connectivity index (χ1) is 12.7. The van der Waals surface area contributed by atoms with E-state index in [1.165, 1.54) is 11.1 Å². The minimum atomic E-state index is 0.664. The SMILES string of the molecule is CN=C(NCCCn1c(C)nc2ccccc21)NCc1ncccc1C. The summed E-state index contributed by atoms with van der Waals surface area (Å²) in [6.45, 7) is 6.56. The third-order valence-corrected chi connectivity index (χ3v) is 4.46. The van der Waals surface area contributed by atoms with Gasteiger partial charge in [-0.3, -0.25) is 9.98 Å². The number of benzene rings is 1. The third-order valence-electron chi connectivity index (χ3n) is 4.46. The normalized spacial score (nSPS) is 11.7. The zero-order valence-electron chi connectivity index (χ0n) is 15.7. The van der Waals surface area contributed by atoms with Crippen molar-refractivity contribution in [2.45, 2.75) is 33.4 Å². The van der Waals surface area contributed by atoms with Gasteiger partial charge in [0.25, 0.3) is 0 Å². The molecule has 1 aromatic carbocycles. The molecule has 0 unspecified atom stereocenters. The highest BCUT2D eigenvalue weighted by molar-refractivity contribution is 5.79. The minimum absolute atomic E-state index is 0.664. The molecule has 6 heteroatoms. The molecule has 2 aromatic heterocycles. The van der Waals surface area contributed by atoms with E-state index in [2.05, 4.69) is 68.3 Å². The van der Waals surface area contributed by atoms with Crippen LogP contribution in [0.15, 0.2) is 47.6 Å². The quantitative estimate of drug-likeness (QED) is 0.408. The summed E-state index contributed by atoms with van der Waals surface area (Å²) in [5.74, 6) is 1.85. The van der Waals surface area contributed by atoms with Crippen molar-refractivity contribution in [3.63, 3.8) is 0 Å². The van der Waals surface area contributed by atoms with E-state index in [4.69, 9.17) is 0 Å². The van der Waals surface area contributed by atoms with E-state index in [-0.39, 0.29) is 0 Å². The predicted octanol–water partition coefficient (Wildman–Crippen LogP) is 2.80. The summed E-state index contributed by atoms with van der Waals surface area (Å²) in [5.41, 5.74) is 4.47. The van der Waals surface area contributed by atoms with Crippen molar-refractivity contribution in [3.05, 3.63) is 59.7 Å². The summed E-state index contributed by atoms with van der Waals surface area (Å²) in [5, 5.41) is 6.68. The summed E-state index contributed by atoms with van der Waals surface area (Å²) in [6, 6.07) is 12.3. The highest BCUT2D eigenvalue weighted by atomic mass is 15.2. The zero-order chi connectivity index (χ0) is 18.4. The molecular formula is C20H26N6. The molecule has 0 atom stereocenters. The van der Waals surface area contributed by atoms with Crippen LogP contribution < -0.4 is 10.6 Å². The number of fused-ring (bicyclic) bond motifs is 1. The van der Waals surface area contributed by atoms with Crippen molar-refractivity contribution >= 4 is 17.0 Å². The highest BCUT2D eigenvalue weighted by Gasteiger charge is 2.06. The number of nitrogens with zero attached hydrogens (tertiary/aromatic N) is 4. The van der Waals surface area contributed by atoms with Gasteiger partial charge in [-0.25, -0.2) is 4.98 Å². The van der Waals surface area contributed by atoms with Crippen LogP contribution in [-0.4, -0.2) is 34.1 Å². The Kier molecular flexibility index (Phi) is 5.84. The Morgan fingerprint density at radius 1 is 1.12 bits per heavy atom. The van der Waals surface area contributed by atoms with E-state index in [0.29, 0.717) is 6.54 Å². The average Bonchev–Trinajstić information content (AvgIpc) is 2.97. The van der Waals surface area contributed by atoms with E-state index in [0.717, 1.165) is 42.5 Å². The second-order valence-electron chi connectivity index (χ2n) is 6.27. The van der Waals surface area contributed by atoms with Crippen LogP contribution in [0.2, 0.25) is 0 Å². The molecule has 3 aromatic rings. The molecule has 0 fully saturated rings. The second kappa shape index (κ2) is 8.47. The number of hydrogen-bond donors (Lipinski definition) is 2. The minimum Gasteiger partial charge on any atom is -0.356 e. The molecule has 136 valence electrons. The fourth-order valence-corrected chi connectivity index (χ4v) is 3.01. The maximum Gasteiger partial charge on any atom is 0.191 e. The van der Waals surface area contributed by atoms with Crippen LogP contribution in [0.25, 0.3) is 11.0 Å². The molecule has 0 aliphatic heterocycles. The Balaban J connectivity index is 1.49. The number of aliphatic imine (C=N–C) groups is 1. The Bertz CT molecular complexity index is 896. The fourth-order valence-electron chi connectivity index (χ4n) is 3.01. The molecule has 0 radical (unpaired) electrons. The molecule has 2 heterocycles.